The molecule has 1 aliphatic heterocycles. The number of hydrogen-bond acceptors (Lipinski definition) is 7. The number of morpholine rings is 1. The van der Waals surface area contributed by atoms with Gasteiger partial charge >= 0.3 is 0 Å². The highest BCUT2D eigenvalue weighted by Crippen LogP contribution is 2.30. The number of benzene rings is 1. The molecule has 242 valence electrons. The van der Waals surface area contributed by atoms with E-state index in [1.165, 1.54) is 37.7 Å². The number of Topliss-reactive ketones (excluding diaryl/α,β-unsaturated/α-hetero) is 2. The van der Waals surface area contributed by atoms with Gasteiger partial charge in [-0.1, -0.05) is 65.5 Å². The smallest absolute Gasteiger partial charge is 0.224 e. The predicted octanol–water partition coefficient (Wildman–Crippen LogP) is 7.03. The molecule has 1 aliphatic carbocycles. The van der Waals surface area contributed by atoms with Gasteiger partial charge in [-0.15, -0.1) is 11.3 Å². The monoisotopic (exact) mass is 623 g/mol. The number of nitrogens with one attached hydrogen (secondary N) is 1. The van der Waals surface area contributed by atoms with Crippen molar-refractivity contribution in [1.82, 2.24) is 15.2 Å². The van der Waals surface area contributed by atoms with Crippen LogP contribution in [0.2, 0.25) is 0 Å². The van der Waals surface area contributed by atoms with E-state index in [4.69, 9.17) is 9.72 Å². The Bertz CT molecular complexity index is 1260. The lowest BCUT2D eigenvalue weighted by Crippen LogP contribution is -2.42. The van der Waals surface area contributed by atoms with E-state index in [-0.39, 0.29) is 29.9 Å². The molecule has 1 saturated carbocycles. The van der Waals surface area contributed by atoms with Crippen LogP contribution in [0.3, 0.4) is 0 Å². The number of ketones is 2. The number of nitrogens with zero attached hydrogens (tertiary/aromatic N) is 2. The fourth-order valence-electron chi connectivity index (χ4n) is 6.55. The highest BCUT2D eigenvalue weighted by molar-refractivity contribution is 7.18. The number of fused-ring (bicyclic) bond motifs is 1. The van der Waals surface area contributed by atoms with Crippen LogP contribution in [0.5, 0.6) is 0 Å². The summed E-state index contributed by atoms with van der Waals surface area (Å²) in [5, 5.41) is 4.23. The molecule has 1 amide bonds. The van der Waals surface area contributed by atoms with Gasteiger partial charge in [0.2, 0.25) is 5.91 Å². The number of amides is 1. The second-order valence-electron chi connectivity index (χ2n) is 13.3. The van der Waals surface area contributed by atoms with Gasteiger partial charge in [0.1, 0.15) is 5.78 Å². The predicted molar refractivity (Wildman–Crippen MR) is 179 cm³/mol. The number of carbonyl (C=O) groups is 3. The lowest BCUT2D eigenvalue weighted by Gasteiger charge is -2.29. The molecule has 2 aliphatic rings. The third-order valence-electron chi connectivity index (χ3n) is 9.24. The van der Waals surface area contributed by atoms with E-state index >= 15 is 0 Å². The van der Waals surface area contributed by atoms with Crippen LogP contribution in [0.1, 0.15) is 108 Å². The van der Waals surface area contributed by atoms with E-state index in [2.05, 4.69) is 48.8 Å². The molecule has 7 nitrogen and oxygen atoms in total. The Labute approximate surface area is 268 Å². The lowest BCUT2D eigenvalue weighted by atomic mass is 9.83. The molecule has 1 saturated heterocycles. The highest BCUT2D eigenvalue weighted by Gasteiger charge is 2.28. The third kappa shape index (κ3) is 10.6. The molecule has 4 rings (SSSR count). The van der Waals surface area contributed by atoms with Gasteiger partial charge < -0.3 is 10.1 Å². The molecule has 2 heterocycles. The summed E-state index contributed by atoms with van der Waals surface area (Å²) in [5.74, 6) is 0.621. The van der Waals surface area contributed by atoms with Crippen molar-refractivity contribution in [2.75, 3.05) is 32.8 Å². The van der Waals surface area contributed by atoms with E-state index in [0.29, 0.717) is 62.9 Å². The molecule has 2 aromatic rings. The summed E-state index contributed by atoms with van der Waals surface area (Å²) in [6.07, 6.45) is 9.84. The molecule has 44 heavy (non-hydrogen) atoms. The van der Waals surface area contributed by atoms with Crippen molar-refractivity contribution in [3.63, 3.8) is 0 Å². The maximum Gasteiger partial charge on any atom is 0.224 e. The van der Waals surface area contributed by atoms with Crippen molar-refractivity contribution in [2.45, 2.75) is 110 Å². The van der Waals surface area contributed by atoms with Crippen molar-refractivity contribution < 1.29 is 19.1 Å². The quantitative estimate of drug-likeness (QED) is 0.190. The zero-order chi connectivity index (χ0) is 31.5. The van der Waals surface area contributed by atoms with Crippen molar-refractivity contribution in [1.29, 1.82) is 0 Å². The van der Waals surface area contributed by atoms with Crippen molar-refractivity contribution >= 4 is 39.0 Å². The fraction of sp³-hybridized carbons (Fsp3) is 0.667. The molecule has 1 N–H and O–H groups in total. The summed E-state index contributed by atoms with van der Waals surface area (Å²) in [6, 6.07) is 6.28. The Hall–Kier alpha value is -2.42. The number of thiazole rings is 1. The van der Waals surface area contributed by atoms with E-state index in [1.807, 2.05) is 6.92 Å². The SMILES string of the molecule is C=C(CN1CCOCC1)C(=O)CC[C@H](CC1CCCCC1)NC(=O)[C@@H](CC(=O)CCC)Cc1nc2ccc(C(C)C)cc2s1. The summed E-state index contributed by atoms with van der Waals surface area (Å²) < 4.78 is 6.55. The molecule has 2 fully saturated rings. The van der Waals surface area contributed by atoms with E-state index in [1.54, 1.807) is 11.3 Å². The average molecular weight is 624 g/mol. The second kappa shape index (κ2) is 17.3. The number of aromatic nitrogens is 1. The molecular weight excluding hydrogens is 570 g/mol. The summed E-state index contributed by atoms with van der Waals surface area (Å²) in [4.78, 5) is 47.0. The normalized spacial score (nSPS) is 17.9. The van der Waals surface area contributed by atoms with E-state index < -0.39 is 5.92 Å². The summed E-state index contributed by atoms with van der Waals surface area (Å²) >= 11 is 1.63. The van der Waals surface area contributed by atoms with Crippen molar-refractivity contribution in [3.05, 3.63) is 40.9 Å². The molecule has 0 bridgehead atoms. The van der Waals surface area contributed by atoms with Gasteiger partial charge in [-0.25, -0.2) is 4.98 Å². The van der Waals surface area contributed by atoms with Crippen molar-refractivity contribution in [2.24, 2.45) is 11.8 Å². The minimum atomic E-state index is -0.472. The maximum atomic E-state index is 13.9. The van der Waals surface area contributed by atoms with E-state index in [9.17, 15) is 14.4 Å². The Balaban J connectivity index is 1.44. The molecule has 1 aromatic heterocycles. The lowest BCUT2D eigenvalue weighted by molar-refractivity contribution is -0.130. The maximum absolute atomic E-state index is 13.9. The zero-order valence-electron chi connectivity index (χ0n) is 27.2. The van der Waals surface area contributed by atoms with Gasteiger partial charge in [0, 0.05) is 56.9 Å². The first kappa shape index (κ1) is 34.5. The second-order valence-corrected chi connectivity index (χ2v) is 14.4. The van der Waals surface area contributed by atoms with Gasteiger partial charge in [-0.3, -0.25) is 19.3 Å². The molecule has 0 spiro atoms. The van der Waals surface area contributed by atoms with Crippen LogP contribution >= 0.6 is 11.3 Å². The summed E-state index contributed by atoms with van der Waals surface area (Å²) in [6.45, 7) is 14.0. The standard InChI is InChI=1S/C36H53N3O4S/c1-5-9-31(40)21-29(23-35-38-32-14-12-28(25(2)3)22-34(32)44-35)36(42)37-30(20-27-10-7-6-8-11-27)13-15-33(41)26(4)24-39-16-18-43-19-17-39/h12,14,22,25,27,29-30H,4-11,13,15-21,23-24H2,1-3H3,(H,37,42)/t29-,30+/m0/s1. The minimum absolute atomic E-state index is 0.0734. The molecular formula is C36H53N3O4S. The highest BCUT2D eigenvalue weighted by atomic mass is 32.1. The number of hydrogen-bond donors (Lipinski definition) is 1. The third-order valence-corrected chi connectivity index (χ3v) is 10.3. The van der Waals surface area contributed by atoms with Crippen LogP contribution in [0, 0.1) is 11.8 Å². The molecule has 0 radical (unpaired) electrons. The Morgan fingerprint density at radius 3 is 2.57 bits per heavy atom. The Morgan fingerprint density at radius 1 is 1.11 bits per heavy atom. The Morgan fingerprint density at radius 2 is 1.86 bits per heavy atom. The zero-order valence-corrected chi connectivity index (χ0v) is 28.0. The van der Waals surface area contributed by atoms with Crippen LogP contribution in [0.15, 0.2) is 30.4 Å². The largest absolute Gasteiger partial charge is 0.379 e. The van der Waals surface area contributed by atoms with Crippen molar-refractivity contribution in [3.8, 4) is 0 Å². The summed E-state index contributed by atoms with van der Waals surface area (Å²) in [5.41, 5.74) is 2.85. The molecule has 8 heteroatoms. The van der Waals surface area contributed by atoms with Crippen LogP contribution in [-0.4, -0.2) is 66.2 Å². The number of rotatable bonds is 17. The van der Waals surface area contributed by atoms with Gasteiger partial charge in [0.15, 0.2) is 5.78 Å². The van der Waals surface area contributed by atoms with Gasteiger partial charge in [0.05, 0.1) is 34.4 Å². The first-order valence-corrected chi connectivity index (χ1v) is 17.8. The number of carbonyl (C=O) groups excluding carboxylic acids is 3. The molecule has 2 atom stereocenters. The molecule has 1 aromatic carbocycles. The van der Waals surface area contributed by atoms with Gasteiger partial charge in [-0.2, -0.15) is 0 Å². The van der Waals surface area contributed by atoms with Crippen LogP contribution in [-0.2, 0) is 25.5 Å². The first-order valence-electron chi connectivity index (χ1n) is 16.9. The van der Waals surface area contributed by atoms with E-state index in [0.717, 1.165) is 41.2 Å². The van der Waals surface area contributed by atoms with Gasteiger partial charge in [-0.05, 0) is 48.8 Å². The average Bonchev–Trinajstić information content (AvgIpc) is 3.42. The van der Waals surface area contributed by atoms with Crippen LogP contribution < -0.4 is 5.32 Å². The molecule has 0 unspecified atom stereocenters. The fourth-order valence-corrected chi connectivity index (χ4v) is 7.65. The number of ether oxygens (including phenoxy) is 1. The minimum Gasteiger partial charge on any atom is -0.379 e. The Kier molecular flexibility index (Phi) is 13.6. The van der Waals surface area contributed by atoms with Crippen LogP contribution in [0.4, 0.5) is 0 Å². The topological polar surface area (TPSA) is 88.6 Å². The summed E-state index contributed by atoms with van der Waals surface area (Å²) in [7, 11) is 0. The first-order chi connectivity index (χ1) is 21.2. The van der Waals surface area contributed by atoms with Gasteiger partial charge in [0.25, 0.3) is 0 Å². The van der Waals surface area contributed by atoms with Crippen LogP contribution in [0.25, 0.3) is 10.2 Å².